The highest BCUT2D eigenvalue weighted by molar-refractivity contribution is 5.26. The molecule has 1 fully saturated rings. The van der Waals surface area contributed by atoms with Crippen LogP contribution >= 0.6 is 0 Å². The van der Waals surface area contributed by atoms with Crippen LogP contribution < -0.4 is 10.1 Å². The van der Waals surface area contributed by atoms with Crippen LogP contribution in [0.2, 0.25) is 0 Å². The van der Waals surface area contributed by atoms with Crippen molar-refractivity contribution in [2.45, 2.75) is 44.7 Å². The van der Waals surface area contributed by atoms with Gasteiger partial charge in [-0.05, 0) is 58.8 Å². The zero-order chi connectivity index (χ0) is 14.4. The van der Waals surface area contributed by atoms with Crippen LogP contribution in [0.4, 0.5) is 0 Å². The van der Waals surface area contributed by atoms with E-state index in [4.69, 9.17) is 4.74 Å². The smallest absolute Gasteiger partial charge is 0.119 e. The predicted octanol–water partition coefficient (Wildman–Crippen LogP) is 2.84. The minimum atomic E-state index is 0.723. The molecular formula is C17H28N2O. The van der Waals surface area contributed by atoms with Gasteiger partial charge in [-0.1, -0.05) is 17.7 Å². The third-order valence-electron chi connectivity index (χ3n) is 4.46. The summed E-state index contributed by atoms with van der Waals surface area (Å²) in [4.78, 5) is 2.46. The Balaban J connectivity index is 1.67. The van der Waals surface area contributed by atoms with Crippen molar-refractivity contribution in [2.75, 3.05) is 27.2 Å². The molecule has 2 rings (SSSR count). The monoisotopic (exact) mass is 276 g/mol. The Morgan fingerprint density at radius 2 is 1.80 bits per heavy atom. The molecule has 20 heavy (non-hydrogen) atoms. The Morgan fingerprint density at radius 3 is 2.40 bits per heavy atom. The van der Waals surface area contributed by atoms with E-state index in [0.717, 1.165) is 31.0 Å². The van der Waals surface area contributed by atoms with E-state index in [1.165, 1.54) is 31.2 Å². The van der Waals surface area contributed by atoms with Gasteiger partial charge in [0, 0.05) is 18.6 Å². The van der Waals surface area contributed by atoms with Crippen LogP contribution in [-0.2, 0) is 0 Å². The van der Waals surface area contributed by atoms with E-state index < -0.39 is 0 Å². The molecule has 1 aliphatic carbocycles. The normalized spacial score (nSPS) is 23.0. The Morgan fingerprint density at radius 1 is 1.15 bits per heavy atom. The van der Waals surface area contributed by atoms with E-state index in [1.54, 1.807) is 0 Å². The Bertz CT molecular complexity index is 382. The van der Waals surface area contributed by atoms with Crippen LogP contribution in [0, 0.1) is 6.92 Å². The molecule has 0 amide bonds. The van der Waals surface area contributed by atoms with Crippen molar-refractivity contribution >= 4 is 0 Å². The first-order valence-corrected chi connectivity index (χ1v) is 7.76. The quantitative estimate of drug-likeness (QED) is 0.864. The van der Waals surface area contributed by atoms with Gasteiger partial charge in [0.2, 0.25) is 0 Å². The molecule has 0 radical (unpaired) electrons. The highest BCUT2D eigenvalue weighted by Gasteiger charge is 2.22. The number of hydrogen-bond donors (Lipinski definition) is 1. The van der Waals surface area contributed by atoms with E-state index in [-0.39, 0.29) is 0 Å². The van der Waals surface area contributed by atoms with E-state index in [1.807, 2.05) is 12.1 Å². The fourth-order valence-electron chi connectivity index (χ4n) is 2.93. The van der Waals surface area contributed by atoms with E-state index in [2.05, 4.69) is 43.4 Å². The second-order valence-corrected chi connectivity index (χ2v) is 5.94. The maximum atomic E-state index is 5.81. The largest absolute Gasteiger partial charge is 0.492 e. The maximum Gasteiger partial charge on any atom is 0.119 e. The molecule has 1 saturated carbocycles. The third kappa shape index (κ3) is 4.50. The topological polar surface area (TPSA) is 24.5 Å². The highest BCUT2D eigenvalue weighted by Crippen LogP contribution is 2.22. The summed E-state index contributed by atoms with van der Waals surface area (Å²) in [5.74, 6) is 0.975. The Hall–Kier alpha value is -1.06. The molecule has 0 aliphatic heterocycles. The van der Waals surface area contributed by atoms with Gasteiger partial charge < -0.3 is 15.0 Å². The maximum absolute atomic E-state index is 5.81. The predicted molar refractivity (Wildman–Crippen MR) is 84.4 cm³/mol. The lowest BCUT2D eigenvalue weighted by atomic mass is 9.90. The average molecular weight is 276 g/mol. The number of rotatable bonds is 6. The van der Waals surface area contributed by atoms with Crippen LogP contribution in [0.25, 0.3) is 0 Å². The van der Waals surface area contributed by atoms with Crippen molar-refractivity contribution in [3.63, 3.8) is 0 Å². The van der Waals surface area contributed by atoms with Crippen LogP contribution in [0.15, 0.2) is 24.3 Å². The minimum Gasteiger partial charge on any atom is -0.492 e. The molecule has 0 unspecified atom stereocenters. The summed E-state index contributed by atoms with van der Waals surface area (Å²) in [6.45, 7) is 3.87. The van der Waals surface area contributed by atoms with E-state index in [0.29, 0.717) is 0 Å². The van der Waals surface area contributed by atoms with Crippen molar-refractivity contribution in [1.29, 1.82) is 0 Å². The van der Waals surface area contributed by atoms with E-state index in [9.17, 15) is 0 Å². The van der Waals surface area contributed by atoms with Crippen LogP contribution in [0.1, 0.15) is 31.2 Å². The minimum absolute atomic E-state index is 0.723. The van der Waals surface area contributed by atoms with Crippen molar-refractivity contribution in [3.8, 4) is 5.75 Å². The Labute approximate surface area is 123 Å². The summed E-state index contributed by atoms with van der Waals surface area (Å²) >= 11 is 0. The van der Waals surface area contributed by atoms with Crippen LogP contribution in [0.5, 0.6) is 5.75 Å². The first-order valence-electron chi connectivity index (χ1n) is 7.76. The van der Waals surface area contributed by atoms with Gasteiger partial charge in [0.1, 0.15) is 12.4 Å². The fraction of sp³-hybridized carbons (Fsp3) is 0.647. The lowest BCUT2D eigenvalue weighted by Gasteiger charge is -2.34. The molecular weight excluding hydrogens is 248 g/mol. The van der Waals surface area contributed by atoms with Gasteiger partial charge in [-0.2, -0.15) is 0 Å². The van der Waals surface area contributed by atoms with Gasteiger partial charge in [-0.25, -0.2) is 0 Å². The lowest BCUT2D eigenvalue weighted by molar-refractivity contribution is 0.150. The molecule has 0 aromatic heterocycles. The summed E-state index contributed by atoms with van der Waals surface area (Å²) in [5, 5.41) is 3.39. The van der Waals surface area contributed by atoms with Crippen molar-refractivity contribution in [3.05, 3.63) is 29.8 Å². The molecule has 0 saturated heterocycles. The molecule has 112 valence electrons. The summed E-state index contributed by atoms with van der Waals surface area (Å²) in [6.07, 6.45) is 5.19. The lowest BCUT2D eigenvalue weighted by Crippen LogP contribution is -2.41. The summed E-state index contributed by atoms with van der Waals surface area (Å²) < 4.78 is 5.81. The van der Waals surface area contributed by atoms with Crippen molar-refractivity contribution < 1.29 is 4.74 Å². The van der Waals surface area contributed by atoms with Gasteiger partial charge in [-0.15, -0.1) is 0 Å². The van der Waals surface area contributed by atoms with Gasteiger partial charge in [0.25, 0.3) is 0 Å². The molecule has 0 atom stereocenters. The Kier molecular flexibility index (Phi) is 5.86. The first kappa shape index (κ1) is 15.3. The number of ether oxygens (including phenoxy) is 1. The highest BCUT2D eigenvalue weighted by atomic mass is 16.5. The van der Waals surface area contributed by atoms with Gasteiger partial charge >= 0.3 is 0 Å². The molecule has 3 heteroatoms. The standard InChI is InChI=1S/C17H28N2O/c1-14-4-10-17(11-5-14)20-13-12-19(3)16-8-6-15(18-2)7-9-16/h4-5,10-11,15-16,18H,6-9,12-13H2,1-3H3. The first-order chi connectivity index (χ1) is 9.69. The van der Waals surface area contributed by atoms with E-state index >= 15 is 0 Å². The number of likely N-dealkylation sites (N-methyl/N-ethyl adjacent to an activating group) is 1. The summed E-state index contributed by atoms with van der Waals surface area (Å²) in [5.41, 5.74) is 1.27. The molecule has 0 bridgehead atoms. The zero-order valence-electron chi connectivity index (χ0n) is 13.1. The summed E-state index contributed by atoms with van der Waals surface area (Å²) in [6, 6.07) is 9.74. The number of aryl methyl sites for hydroxylation is 1. The molecule has 1 N–H and O–H groups in total. The molecule has 1 aliphatic rings. The van der Waals surface area contributed by atoms with Gasteiger partial charge in [-0.3, -0.25) is 0 Å². The van der Waals surface area contributed by atoms with Crippen LogP contribution in [-0.4, -0.2) is 44.2 Å². The molecule has 1 aromatic carbocycles. The molecule has 0 heterocycles. The fourth-order valence-corrected chi connectivity index (χ4v) is 2.93. The molecule has 1 aromatic rings. The van der Waals surface area contributed by atoms with Gasteiger partial charge in [0.15, 0.2) is 0 Å². The number of nitrogens with one attached hydrogen (secondary N) is 1. The summed E-state index contributed by atoms with van der Waals surface area (Å²) in [7, 11) is 4.30. The molecule has 3 nitrogen and oxygen atoms in total. The average Bonchev–Trinajstić information content (AvgIpc) is 2.49. The number of hydrogen-bond acceptors (Lipinski definition) is 3. The van der Waals surface area contributed by atoms with Crippen molar-refractivity contribution in [2.24, 2.45) is 0 Å². The number of nitrogens with zero attached hydrogens (tertiary/aromatic N) is 1. The van der Waals surface area contributed by atoms with Gasteiger partial charge in [0.05, 0.1) is 0 Å². The second-order valence-electron chi connectivity index (χ2n) is 5.94. The third-order valence-corrected chi connectivity index (χ3v) is 4.46. The van der Waals surface area contributed by atoms with Crippen LogP contribution in [0.3, 0.4) is 0 Å². The second kappa shape index (κ2) is 7.65. The zero-order valence-corrected chi connectivity index (χ0v) is 13.1. The SMILES string of the molecule is CNC1CCC(N(C)CCOc2ccc(C)cc2)CC1. The number of benzene rings is 1. The van der Waals surface area contributed by atoms with Crippen molar-refractivity contribution in [1.82, 2.24) is 10.2 Å². The molecule has 0 spiro atoms.